The highest BCUT2D eigenvalue weighted by Crippen LogP contribution is 2.52. The Kier molecular flexibility index (Phi) is 7.00. The standard InChI is InChI=1S/C22H22BrClF3N3O3/c1-3-20(18(31)33-4-2)12-30(19(28)32)29-17(20)13-5-10-16(22(25,26)27)21(24,11-13)14-6-8-15(23)9-7-14/h5-10H,3-4,11-12H2,1-2H3,(H2,28,32). The van der Waals surface area contributed by atoms with Gasteiger partial charge < -0.3 is 10.5 Å². The third-order valence-corrected chi connectivity index (χ3v) is 6.93. The van der Waals surface area contributed by atoms with Gasteiger partial charge in [-0.05, 0) is 36.6 Å². The Balaban J connectivity index is 2.17. The number of hydrogen-bond acceptors (Lipinski definition) is 4. The second-order valence-corrected chi connectivity index (χ2v) is 9.32. The van der Waals surface area contributed by atoms with Crippen LogP contribution < -0.4 is 5.73 Å². The van der Waals surface area contributed by atoms with Gasteiger partial charge in [0.25, 0.3) is 0 Å². The Labute approximate surface area is 202 Å². The average molecular weight is 549 g/mol. The number of amides is 2. The van der Waals surface area contributed by atoms with Gasteiger partial charge in [0, 0.05) is 10.9 Å². The second-order valence-electron chi connectivity index (χ2n) is 7.76. The quantitative estimate of drug-likeness (QED) is 0.394. The number of halogens is 5. The third kappa shape index (κ3) is 4.55. The number of nitrogens with two attached hydrogens (primary N) is 1. The van der Waals surface area contributed by atoms with E-state index in [9.17, 15) is 22.8 Å². The Morgan fingerprint density at radius 2 is 1.88 bits per heavy atom. The van der Waals surface area contributed by atoms with Crippen LogP contribution in [0.1, 0.15) is 32.3 Å². The topological polar surface area (TPSA) is 85.0 Å². The van der Waals surface area contributed by atoms with Crippen molar-refractivity contribution in [3.05, 3.63) is 57.6 Å². The molecular weight excluding hydrogens is 527 g/mol. The normalized spacial score (nSPS) is 25.3. The summed E-state index contributed by atoms with van der Waals surface area (Å²) >= 11 is 10.0. The molecule has 0 radical (unpaired) electrons. The van der Waals surface area contributed by atoms with Crippen LogP contribution in [0.5, 0.6) is 0 Å². The number of esters is 1. The molecule has 1 aliphatic carbocycles. The third-order valence-electron chi connectivity index (χ3n) is 5.84. The Morgan fingerprint density at radius 3 is 2.39 bits per heavy atom. The van der Waals surface area contributed by atoms with Gasteiger partial charge in [0.15, 0.2) is 0 Å². The summed E-state index contributed by atoms with van der Waals surface area (Å²) in [5, 5.41) is 5.15. The van der Waals surface area contributed by atoms with Crippen molar-refractivity contribution < 1.29 is 27.5 Å². The van der Waals surface area contributed by atoms with Crippen LogP contribution in [-0.2, 0) is 14.4 Å². The molecule has 0 saturated heterocycles. The van der Waals surface area contributed by atoms with E-state index in [0.29, 0.717) is 10.0 Å². The first-order valence-electron chi connectivity index (χ1n) is 10.2. The highest BCUT2D eigenvalue weighted by molar-refractivity contribution is 9.10. The van der Waals surface area contributed by atoms with Crippen LogP contribution in [0.3, 0.4) is 0 Å². The van der Waals surface area contributed by atoms with Crippen molar-refractivity contribution in [2.45, 2.75) is 37.7 Å². The molecule has 0 bridgehead atoms. The molecule has 0 spiro atoms. The number of carbonyl (C=O) groups is 2. The monoisotopic (exact) mass is 547 g/mol. The number of allylic oxidation sites excluding steroid dienone is 4. The number of hydrazone groups is 1. The van der Waals surface area contributed by atoms with Crippen LogP contribution in [-0.4, -0.2) is 42.0 Å². The summed E-state index contributed by atoms with van der Waals surface area (Å²) in [7, 11) is 0. The van der Waals surface area contributed by atoms with Gasteiger partial charge in [0.1, 0.15) is 10.3 Å². The highest BCUT2D eigenvalue weighted by atomic mass is 79.9. The zero-order chi connectivity index (χ0) is 24.6. The van der Waals surface area contributed by atoms with E-state index in [1.54, 1.807) is 26.0 Å². The summed E-state index contributed by atoms with van der Waals surface area (Å²) in [6, 6.07) is 5.32. The molecule has 2 amide bonds. The van der Waals surface area contributed by atoms with Crippen LogP contribution in [0, 0.1) is 5.41 Å². The lowest BCUT2D eigenvalue weighted by molar-refractivity contribution is -0.151. The van der Waals surface area contributed by atoms with E-state index in [1.165, 1.54) is 18.2 Å². The molecule has 1 aliphatic heterocycles. The van der Waals surface area contributed by atoms with E-state index in [-0.39, 0.29) is 37.3 Å². The molecule has 1 aromatic carbocycles. The summed E-state index contributed by atoms with van der Waals surface area (Å²) in [4.78, 5) is 22.9. The molecule has 3 rings (SSSR count). The minimum absolute atomic E-state index is 0.0833. The van der Waals surface area contributed by atoms with E-state index < -0.39 is 34.0 Å². The molecule has 6 nitrogen and oxygen atoms in total. The summed E-state index contributed by atoms with van der Waals surface area (Å²) in [5.41, 5.74) is 3.72. The maximum Gasteiger partial charge on any atom is 0.414 e. The van der Waals surface area contributed by atoms with Crippen LogP contribution in [0.2, 0.25) is 0 Å². The van der Waals surface area contributed by atoms with E-state index in [1.807, 2.05) is 0 Å². The van der Waals surface area contributed by atoms with Gasteiger partial charge in [-0.2, -0.15) is 18.3 Å². The molecule has 0 saturated carbocycles. The van der Waals surface area contributed by atoms with Crippen molar-refractivity contribution >= 4 is 45.2 Å². The molecule has 1 aromatic rings. The van der Waals surface area contributed by atoms with Gasteiger partial charge in [-0.25, -0.2) is 9.80 Å². The molecule has 11 heteroatoms. The fraction of sp³-hybridized carbons (Fsp3) is 0.409. The largest absolute Gasteiger partial charge is 0.465 e. The van der Waals surface area contributed by atoms with E-state index in [2.05, 4.69) is 21.0 Å². The van der Waals surface area contributed by atoms with Gasteiger partial charge in [-0.1, -0.05) is 47.1 Å². The molecule has 0 fully saturated rings. The predicted molar refractivity (Wildman–Crippen MR) is 122 cm³/mol. The Hall–Kier alpha value is -2.33. The fourth-order valence-corrected chi connectivity index (χ4v) is 4.83. The van der Waals surface area contributed by atoms with Crippen molar-refractivity contribution in [1.82, 2.24) is 5.01 Å². The maximum absolute atomic E-state index is 14.0. The average Bonchev–Trinajstić information content (AvgIpc) is 3.15. The number of urea groups is 1. The number of carbonyl (C=O) groups excluding carboxylic acids is 2. The van der Waals surface area contributed by atoms with Crippen LogP contribution in [0.4, 0.5) is 18.0 Å². The number of benzene rings is 1. The first-order valence-corrected chi connectivity index (χ1v) is 11.3. The van der Waals surface area contributed by atoms with E-state index >= 15 is 0 Å². The molecule has 2 unspecified atom stereocenters. The molecular formula is C22H22BrClF3N3O3. The summed E-state index contributed by atoms with van der Waals surface area (Å²) in [6.07, 6.45) is -2.68. The van der Waals surface area contributed by atoms with Crippen LogP contribution >= 0.6 is 27.5 Å². The number of ether oxygens (including phenoxy) is 1. The number of alkyl halides is 4. The second kappa shape index (κ2) is 9.13. The summed E-state index contributed by atoms with van der Waals surface area (Å²) in [6.45, 7) is 3.25. The minimum atomic E-state index is -4.70. The first-order chi connectivity index (χ1) is 15.4. The zero-order valence-corrected chi connectivity index (χ0v) is 20.2. The van der Waals surface area contributed by atoms with Crippen molar-refractivity contribution in [3.63, 3.8) is 0 Å². The van der Waals surface area contributed by atoms with E-state index in [4.69, 9.17) is 22.1 Å². The van der Waals surface area contributed by atoms with Gasteiger partial charge in [0.05, 0.1) is 24.4 Å². The lowest BCUT2D eigenvalue weighted by atomic mass is 9.72. The first kappa shape index (κ1) is 25.3. The molecule has 2 atom stereocenters. The SMILES string of the molecule is CCOC(=O)C1(CC)CN(C(N)=O)N=C1C1=CC=C(C(F)(F)F)C(Cl)(c2ccc(Br)cc2)C1. The van der Waals surface area contributed by atoms with Gasteiger partial charge in [-0.15, -0.1) is 11.6 Å². The Bertz CT molecular complexity index is 1060. The molecule has 2 N–H and O–H groups in total. The van der Waals surface area contributed by atoms with Gasteiger partial charge in [0.2, 0.25) is 0 Å². The van der Waals surface area contributed by atoms with Crippen molar-refractivity contribution in [3.8, 4) is 0 Å². The highest BCUT2D eigenvalue weighted by Gasteiger charge is 2.55. The molecule has 178 valence electrons. The van der Waals surface area contributed by atoms with E-state index in [0.717, 1.165) is 11.1 Å². The van der Waals surface area contributed by atoms with Crippen molar-refractivity contribution in [2.75, 3.05) is 13.2 Å². The number of hydrogen-bond donors (Lipinski definition) is 1. The zero-order valence-electron chi connectivity index (χ0n) is 17.9. The van der Waals surface area contributed by atoms with Gasteiger partial charge >= 0.3 is 18.2 Å². The lowest BCUT2D eigenvalue weighted by Gasteiger charge is -2.37. The molecule has 2 aliphatic rings. The predicted octanol–water partition coefficient (Wildman–Crippen LogP) is 5.41. The van der Waals surface area contributed by atoms with Crippen LogP contribution in [0.15, 0.2) is 57.1 Å². The number of primary amides is 1. The van der Waals surface area contributed by atoms with Gasteiger partial charge in [-0.3, -0.25) is 4.79 Å². The smallest absolute Gasteiger partial charge is 0.414 e. The molecule has 33 heavy (non-hydrogen) atoms. The molecule has 0 aromatic heterocycles. The lowest BCUT2D eigenvalue weighted by Crippen LogP contribution is -2.45. The summed E-state index contributed by atoms with van der Waals surface area (Å²) in [5.74, 6) is -0.634. The Morgan fingerprint density at radius 1 is 1.24 bits per heavy atom. The maximum atomic E-state index is 14.0. The number of rotatable bonds is 5. The molecule has 1 heterocycles. The van der Waals surface area contributed by atoms with Crippen LogP contribution in [0.25, 0.3) is 0 Å². The van der Waals surface area contributed by atoms with Crippen molar-refractivity contribution in [1.29, 1.82) is 0 Å². The fourth-order valence-electron chi connectivity index (χ4n) is 4.12. The minimum Gasteiger partial charge on any atom is -0.465 e. The summed E-state index contributed by atoms with van der Waals surface area (Å²) < 4.78 is 47.8. The van der Waals surface area contributed by atoms with Crippen molar-refractivity contribution in [2.24, 2.45) is 16.3 Å². The number of nitrogens with zero attached hydrogens (tertiary/aromatic N) is 2.